The molecule has 4 aliphatic carbocycles. The van der Waals surface area contributed by atoms with Gasteiger partial charge in [0.1, 0.15) is 19.8 Å². The molecule has 0 aliphatic heterocycles. The molecule has 0 bridgehead atoms. The van der Waals surface area contributed by atoms with Gasteiger partial charge in [-0.1, -0.05) is 113 Å². The van der Waals surface area contributed by atoms with Crippen LogP contribution in [0.15, 0.2) is 202 Å². The smallest absolute Gasteiger partial charge is 1.00 e. The Morgan fingerprint density at radius 3 is 1.15 bits per heavy atom. The number of carbonyl (C=O) groups is 4. The van der Waals surface area contributed by atoms with Crippen LogP contribution in [0.5, 0.6) is 0 Å². The number of amides is 2. The maximum Gasteiger partial charge on any atom is 1.00 e. The van der Waals surface area contributed by atoms with Gasteiger partial charge >= 0.3 is 133 Å². The van der Waals surface area contributed by atoms with Gasteiger partial charge in [0, 0.05) is 22.7 Å². The van der Waals surface area contributed by atoms with Crippen molar-refractivity contribution in [1.82, 2.24) is 23.9 Å². The summed E-state index contributed by atoms with van der Waals surface area (Å²) in [5.41, 5.74) is 10.7. The van der Waals surface area contributed by atoms with E-state index in [0.717, 1.165) is 123 Å². The molecule has 6 aromatic rings. The molecule has 0 unspecified atom stereocenters. The van der Waals surface area contributed by atoms with Crippen molar-refractivity contribution >= 4 is 55.7 Å². The van der Waals surface area contributed by atoms with Crippen molar-refractivity contribution in [3.05, 3.63) is 226 Å². The number of aliphatic hydroxyl groups excluding tert-OH is 1. The zero-order valence-electron chi connectivity index (χ0n) is 65.1. The van der Waals surface area contributed by atoms with Crippen molar-refractivity contribution < 1.29 is 196 Å². The third-order valence-corrected chi connectivity index (χ3v) is 21.6. The van der Waals surface area contributed by atoms with Gasteiger partial charge in [0.05, 0.1) is 39.2 Å². The number of allylic oxidation sites excluding steroid dienone is 8. The van der Waals surface area contributed by atoms with Crippen LogP contribution in [0.3, 0.4) is 0 Å². The van der Waals surface area contributed by atoms with Gasteiger partial charge in [0.2, 0.25) is 10.0 Å². The Bertz CT molecular complexity index is 4620. The number of rotatable bonds is 19. The van der Waals surface area contributed by atoms with E-state index in [1.165, 1.54) is 59.5 Å². The number of hydrogen-bond acceptors (Lipinski definition) is 16. The molecule has 3 N–H and O–H groups in total. The number of benzene rings is 4. The zero-order chi connectivity index (χ0) is 80.9. The van der Waals surface area contributed by atoms with Gasteiger partial charge in [-0.25, -0.2) is 45.7 Å². The van der Waals surface area contributed by atoms with Crippen LogP contribution in [0.25, 0.3) is 33.9 Å². The maximum atomic E-state index is 14.0. The third kappa shape index (κ3) is 29.3. The number of ether oxygens (including phenoxy) is 3. The van der Waals surface area contributed by atoms with E-state index >= 15 is 0 Å². The van der Waals surface area contributed by atoms with Gasteiger partial charge in [-0.15, -0.1) is 0 Å². The van der Waals surface area contributed by atoms with Gasteiger partial charge in [-0.05, 0) is 262 Å². The van der Waals surface area contributed by atoms with Gasteiger partial charge in [-0.3, -0.25) is 4.79 Å². The van der Waals surface area contributed by atoms with Crippen LogP contribution < -0.4 is 113 Å². The molecule has 0 saturated heterocycles. The van der Waals surface area contributed by atoms with E-state index in [1.54, 1.807) is 32.0 Å². The molecule has 4 aliphatic rings. The van der Waals surface area contributed by atoms with Crippen LogP contribution in [-0.4, -0.2) is 96.3 Å². The molecule has 111 heavy (non-hydrogen) atoms. The van der Waals surface area contributed by atoms with Gasteiger partial charge < -0.3 is 30.9 Å². The average molecular weight is 1650 g/mol. The topological polar surface area (TPSA) is 282 Å². The van der Waals surface area contributed by atoms with E-state index in [2.05, 4.69) is 67.4 Å². The zero-order valence-corrected chi connectivity index (χ0v) is 72.7. The fourth-order valence-corrected chi connectivity index (χ4v) is 14.0. The Morgan fingerprint density at radius 1 is 0.568 bits per heavy atom. The molecular weight excluding hydrogens is 1560 g/mol. The molecule has 590 valence electrons. The summed E-state index contributed by atoms with van der Waals surface area (Å²) in [7, 11) is -8.83. The fraction of sp³-hybridized carbons (Fsp3) is 0.375. The number of aliphatic hydroxyl groups is 1. The number of nitrogens with zero attached hydrogens (tertiary/aromatic N) is 5. The average Bonchev–Trinajstić information content (AvgIpc) is 1.70. The first-order valence-electron chi connectivity index (χ1n) is 34.8. The third-order valence-electron chi connectivity index (χ3n) is 18.9. The minimum atomic E-state index is -4.92. The number of imide groups is 1. The number of alkyl halides is 6. The Kier molecular flexibility index (Phi) is 39.1. The number of aromatic nitrogens is 4. The Balaban J connectivity index is 0.000000452. The van der Waals surface area contributed by atoms with Crippen LogP contribution in [-0.2, 0) is 56.3 Å². The van der Waals surface area contributed by atoms with Crippen molar-refractivity contribution in [2.45, 2.75) is 155 Å². The minimum Gasteiger partial charge on any atom is -1.00 e. The van der Waals surface area contributed by atoms with E-state index in [1.807, 2.05) is 58.0 Å². The molecule has 0 fully saturated rings. The first kappa shape index (κ1) is 97.2. The fourth-order valence-electron chi connectivity index (χ4n) is 12.2. The predicted molar refractivity (Wildman–Crippen MR) is 404 cm³/mol. The number of sulfonamides is 2. The summed E-state index contributed by atoms with van der Waals surface area (Å²) in [6.07, 6.45) is 6.45. The largest absolute Gasteiger partial charge is 1.00 e. The number of aryl methyl sites for hydroxylation is 4. The van der Waals surface area contributed by atoms with Crippen molar-refractivity contribution in [3.63, 3.8) is 0 Å². The molecule has 10 rings (SSSR count). The van der Waals surface area contributed by atoms with Gasteiger partial charge in [0.25, 0.3) is 16.5 Å². The van der Waals surface area contributed by atoms with Crippen molar-refractivity contribution in [2.75, 3.05) is 26.4 Å². The summed E-state index contributed by atoms with van der Waals surface area (Å²) < 4.78 is 150. The van der Waals surface area contributed by atoms with E-state index in [-0.39, 0.29) is 162 Å². The number of carbonyl (C=O) groups excluding carboxylic acids is 4. The second-order valence-corrected chi connectivity index (χ2v) is 31.0. The van der Waals surface area contributed by atoms with Crippen LogP contribution >= 0.6 is 11.6 Å². The number of primary sulfonamides is 1. The van der Waals surface area contributed by atoms with Gasteiger partial charge in [-0.2, -0.15) is 36.5 Å². The van der Waals surface area contributed by atoms with Crippen LogP contribution in [0.4, 0.5) is 40.7 Å². The molecule has 2 amide bonds. The van der Waals surface area contributed by atoms with Crippen molar-refractivity contribution in [3.8, 4) is 33.9 Å². The van der Waals surface area contributed by atoms with E-state index in [0.29, 0.717) is 72.7 Å². The molecular formula is C80H93ClF6K2N6O14S2. The van der Waals surface area contributed by atoms with Crippen LogP contribution in [0.2, 0.25) is 0 Å². The Labute approximate surface area is 737 Å². The number of hydrogen-bond donors (Lipinski definition) is 2. The molecule has 4 aromatic carbocycles. The van der Waals surface area contributed by atoms with E-state index < -0.39 is 66.3 Å². The molecule has 2 heterocycles. The summed E-state index contributed by atoms with van der Waals surface area (Å²) in [5, 5.41) is 29.8. The maximum absolute atomic E-state index is 14.0. The molecule has 2 aromatic heterocycles. The SMILES string of the molecule is C=C(C)[C@@H]1CC=C(CO)CC1.C=C(C)[C@@H]1CC=C(COC(=O)Cl)CC1.C=C(C)[C@@H]1CC=C(COC(=O)N(C(=O)OCC2=CC[C@@H](C(=C)C)CC2)S(=O)(=O)c2ccc(-n3nc(C(F)(F)F)cc3-c3cc(C)ccc3C)cc2)CC1.Cc1ccc(C)c(-c2cc(C(F)(F)F)nn2-c2ccc(S(N)(=O)=O)cc2)c1.O=CO[O-].[H-].[K+].[K+]. The predicted octanol–water partition coefficient (Wildman–Crippen LogP) is 12.4. The molecule has 0 spiro atoms. The second kappa shape index (κ2) is 44.6. The normalized spacial score (nSPS) is 16.8. The number of halogens is 7. The molecule has 31 heteroatoms. The Hall–Kier alpha value is -6.18. The first-order chi connectivity index (χ1) is 51.2. The monoisotopic (exact) mass is 1650 g/mol. The molecule has 0 saturated carbocycles. The first-order valence-corrected chi connectivity index (χ1v) is 38.1. The van der Waals surface area contributed by atoms with Crippen LogP contribution in [0.1, 0.15) is 140 Å². The second-order valence-electron chi connectivity index (χ2n) is 27.3. The van der Waals surface area contributed by atoms with Gasteiger partial charge in [0.15, 0.2) is 11.4 Å². The summed E-state index contributed by atoms with van der Waals surface area (Å²) in [6, 6.07) is 22.6. The molecule has 20 nitrogen and oxygen atoms in total. The quantitative estimate of drug-likeness (QED) is 0.0111. The van der Waals surface area contributed by atoms with Crippen LogP contribution in [0, 0.1) is 51.4 Å². The Morgan fingerprint density at radius 2 is 0.883 bits per heavy atom. The van der Waals surface area contributed by atoms with E-state index in [4.69, 9.17) is 46.1 Å². The van der Waals surface area contributed by atoms with Crippen molar-refractivity contribution in [1.29, 1.82) is 0 Å². The summed E-state index contributed by atoms with van der Waals surface area (Å²) >= 11 is 5.07. The number of nitrogens with two attached hydrogens (primary N) is 1. The molecule has 0 radical (unpaired) electrons. The van der Waals surface area contributed by atoms with Crippen molar-refractivity contribution in [2.24, 2.45) is 28.8 Å². The molecule has 4 atom stereocenters. The summed E-state index contributed by atoms with van der Waals surface area (Å²) in [4.78, 5) is 47.9. The standard InChI is InChI=1S/C40H44F3N3O6S.C18H16F3N3O2S.C11H15ClO2.C10H16O.CH2O3.2K.H/c1-25(2)31-13-9-29(10-14-31)23-51-38(47)46(39(48)52-24-30-11-15-32(16-12-30)26(3)4)53(49,50)34-19-17-33(18-20-34)45-36(22-37(44-45)40(41,42)43)35-21-27(5)7-8-28(35)6;1-11-3-4-12(2)15(9-11)16-10-17(18(19,20)21)23-24(16)13-5-7-14(8-6-13)27(22,25)26;1-8(2)10-5-3-9(4-6-10)7-14-11(12)13;1-8(2)10-5-3-9(7-11)4-6-10;2-1-4-3;;;/h7-9,11,17-22,31-32H,1,3,10,12-16,23-24H2,2,4-6H3;3-10H,1-2H3,(H2,22,25,26);3,10H,1,4-7H2,2H3;3,10-11H,1,4-7H2,2H3;1,3H;;;/q;;;;;2*+1;-1/p-1/t31-,32-;;2*10-;;;;/m1.11..../s1. The minimum absolute atomic E-state index is 0. The summed E-state index contributed by atoms with van der Waals surface area (Å²) in [6.45, 7) is 31.1. The summed E-state index contributed by atoms with van der Waals surface area (Å²) in [5.74, 6) is 1.83. The van der Waals surface area contributed by atoms with E-state index in [9.17, 15) is 57.6 Å².